The van der Waals surface area contributed by atoms with Crippen molar-refractivity contribution in [3.05, 3.63) is 0 Å². The first-order chi connectivity index (χ1) is 7.20. The minimum atomic E-state index is -0.280. The molecule has 0 aromatic heterocycles. The average molecular weight is 227 g/mol. The predicted molar refractivity (Wildman–Crippen MR) is 62.9 cm³/mol. The molecule has 0 radical (unpaired) electrons. The highest BCUT2D eigenvalue weighted by Gasteiger charge is 2.39. The molecule has 1 amide bonds. The van der Waals surface area contributed by atoms with Crippen molar-refractivity contribution in [2.24, 2.45) is 10.7 Å². The largest absolute Gasteiger partial charge is 0.370 e. The number of hydrogen-bond donors (Lipinski definition) is 2. The van der Waals surface area contributed by atoms with Crippen LogP contribution in [0.2, 0.25) is 0 Å². The Kier molecular flexibility index (Phi) is 3.19. The van der Waals surface area contributed by atoms with Crippen molar-refractivity contribution in [2.75, 3.05) is 12.3 Å². The number of rotatable bonds is 3. The minimum Gasteiger partial charge on any atom is -0.370 e. The summed E-state index contributed by atoms with van der Waals surface area (Å²) in [5.41, 5.74) is 5.37. The van der Waals surface area contributed by atoms with Crippen LogP contribution in [0.25, 0.3) is 0 Å². The number of nitrogens with one attached hydrogen (secondary N) is 1. The van der Waals surface area contributed by atoms with Crippen molar-refractivity contribution in [2.45, 2.75) is 37.6 Å². The molecule has 5 heteroatoms. The van der Waals surface area contributed by atoms with Gasteiger partial charge in [0.25, 0.3) is 0 Å². The van der Waals surface area contributed by atoms with E-state index in [-0.39, 0.29) is 5.91 Å². The molecule has 1 heterocycles. The van der Waals surface area contributed by atoms with Crippen LogP contribution in [-0.2, 0) is 4.79 Å². The number of hydrogen-bond acceptors (Lipinski definition) is 3. The van der Waals surface area contributed by atoms with E-state index in [1.807, 2.05) is 0 Å². The third-order valence-electron chi connectivity index (χ3n) is 3.03. The second-order valence-corrected chi connectivity index (χ2v) is 5.27. The van der Waals surface area contributed by atoms with E-state index in [1.54, 1.807) is 11.8 Å². The van der Waals surface area contributed by atoms with Crippen molar-refractivity contribution in [1.29, 1.82) is 0 Å². The normalized spacial score (nSPS) is 26.0. The molecule has 84 valence electrons. The Morgan fingerprint density at radius 2 is 2.27 bits per heavy atom. The summed E-state index contributed by atoms with van der Waals surface area (Å²) in [5.74, 6) is 0.848. The molecule has 4 nitrogen and oxygen atoms in total. The highest BCUT2D eigenvalue weighted by molar-refractivity contribution is 8.14. The van der Waals surface area contributed by atoms with E-state index >= 15 is 0 Å². The van der Waals surface area contributed by atoms with Crippen molar-refractivity contribution in [3.8, 4) is 0 Å². The lowest BCUT2D eigenvalue weighted by Gasteiger charge is -2.21. The summed E-state index contributed by atoms with van der Waals surface area (Å²) in [6.45, 7) is 0.515. The lowest BCUT2D eigenvalue weighted by Crippen LogP contribution is -2.40. The molecule has 1 aliphatic carbocycles. The lowest BCUT2D eigenvalue weighted by molar-refractivity contribution is -0.117. The number of nitrogens with two attached hydrogens (primary N) is 1. The van der Waals surface area contributed by atoms with E-state index in [2.05, 4.69) is 10.3 Å². The molecule has 0 unspecified atom stereocenters. The first-order valence-electron chi connectivity index (χ1n) is 5.44. The number of carbonyl (C=O) groups excluding carboxylic acids is 1. The van der Waals surface area contributed by atoms with E-state index in [1.165, 1.54) is 25.7 Å². The van der Waals surface area contributed by atoms with Gasteiger partial charge >= 0.3 is 0 Å². The molecule has 1 saturated carbocycles. The Hall–Kier alpha value is -0.710. The van der Waals surface area contributed by atoms with Gasteiger partial charge in [-0.2, -0.15) is 0 Å². The molecule has 1 saturated heterocycles. The molecule has 0 aromatic carbocycles. The molecular formula is C10H17N3OS. The molecular weight excluding hydrogens is 210 g/mol. The van der Waals surface area contributed by atoms with Crippen LogP contribution in [0.5, 0.6) is 0 Å². The number of primary amides is 1. The standard InChI is InChI=1S/C10H17N3OS/c11-8(14)3-6-12-9-13-10(7-15-9)4-1-2-5-10/h1-7H2,(H2,11,14)(H,12,13). The smallest absolute Gasteiger partial charge is 0.219 e. The minimum absolute atomic E-state index is 0.280. The van der Waals surface area contributed by atoms with Crippen molar-refractivity contribution < 1.29 is 4.79 Å². The van der Waals surface area contributed by atoms with Crippen molar-refractivity contribution in [3.63, 3.8) is 0 Å². The number of amidine groups is 1. The van der Waals surface area contributed by atoms with Gasteiger partial charge in [-0.15, -0.1) is 0 Å². The third kappa shape index (κ3) is 2.65. The van der Waals surface area contributed by atoms with Gasteiger partial charge in [-0.3, -0.25) is 9.79 Å². The maximum absolute atomic E-state index is 10.5. The quantitative estimate of drug-likeness (QED) is 0.751. The molecule has 2 rings (SSSR count). The molecule has 3 N–H and O–H groups in total. The SMILES string of the molecule is NC(=O)CCN=C1NC2(CCCC2)CS1. The topological polar surface area (TPSA) is 67.5 Å². The second kappa shape index (κ2) is 4.43. The monoisotopic (exact) mass is 227 g/mol. The van der Waals surface area contributed by atoms with Gasteiger partial charge in [0.05, 0.1) is 6.54 Å². The van der Waals surface area contributed by atoms with Crippen molar-refractivity contribution in [1.82, 2.24) is 5.32 Å². The van der Waals surface area contributed by atoms with E-state index < -0.39 is 0 Å². The Bertz CT molecular complexity index is 284. The van der Waals surface area contributed by atoms with Gasteiger partial charge in [0.15, 0.2) is 5.17 Å². The maximum atomic E-state index is 10.5. The average Bonchev–Trinajstić information content (AvgIpc) is 2.78. The highest BCUT2D eigenvalue weighted by atomic mass is 32.2. The summed E-state index contributed by atoms with van der Waals surface area (Å²) in [4.78, 5) is 14.9. The zero-order valence-corrected chi connectivity index (χ0v) is 9.61. The maximum Gasteiger partial charge on any atom is 0.219 e. The van der Waals surface area contributed by atoms with Crippen LogP contribution >= 0.6 is 11.8 Å². The first-order valence-corrected chi connectivity index (χ1v) is 6.43. The summed E-state index contributed by atoms with van der Waals surface area (Å²) in [6.07, 6.45) is 5.51. The summed E-state index contributed by atoms with van der Waals surface area (Å²) in [5, 5.41) is 4.50. The van der Waals surface area contributed by atoms with Crippen LogP contribution in [0, 0.1) is 0 Å². The number of thioether (sulfide) groups is 1. The number of aliphatic imine (C=N–C) groups is 1. The van der Waals surface area contributed by atoms with Gasteiger partial charge in [-0.1, -0.05) is 24.6 Å². The molecule has 2 aliphatic rings. The molecule has 15 heavy (non-hydrogen) atoms. The van der Waals surface area contributed by atoms with Crippen LogP contribution in [0.3, 0.4) is 0 Å². The van der Waals surface area contributed by atoms with E-state index in [0.29, 0.717) is 18.5 Å². The van der Waals surface area contributed by atoms with Gasteiger partial charge in [0, 0.05) is 17.7 Å². The lowest BCUT2D eigenvalue weighted by atomic mass is 10.0. The highest BCUT2D eigenvalue weighted by Crippen LogP contribution is 2.37. The molecule has 1 aliphatic heterocycles. The van der Waals surface area contributed by atoms with Crippen LogP contribution in [-0.4, -0.2) is 28.9 Å². The van der Waals surface area contributed by atoms with E-state index in [0.717, 1.165) is 10.9 Å². The Morgan fingerprint density at radius 3 is 2.93 bits per heavy atom. The summed E-state index contributed by atoms with van der Waals surface area (Å²) >= 11 is 1.78. The fourth-order valence-corrected chi connectivity index (χ4v) is 3.42. The zero-order valence-electron chi connectivity index (χ0n) is 8.79. The summed E-state index contributed by atoms with van der Waals surface area (Å²) < 4.78 is 0. The van der Waals surface area contributed by atoms with Crippen LogP contribution in [0.1, 0.15) is 32.1 Å². The Morgan fingerprint density at radius 1 is 1.53 bits per heavy atom. The second-order valence-electron chi connectivity index (χ2n) is 4.30. The fourth-order valence-electron chi connectivity index (χ4n) is 2.18. The Balaban J connectivity index is 1.83. The number of nitrogens with zero attached hydrogens (tertiary/aromatic N) is 1. The predicted octanol–water partition coefficient (Wildman–Crippen LogP) is 0.867. The fraction of sp³-hybridized carbons (Fsp3) is 0.800. The summed E-state index contributed by atoms with van der Waals surface area (Å²) in [7, 11) is 0. The van der Waals surface area contributed by atoms with Crippen LogP contribution < -0.4 is 11.1 Å². The van der Waals surface area contributed by atoms with E-state index in [4.69, 9.17) is 5.73 Å². The van der Waals surface area contributed by atoms with Gasteiger partial charge in [0.1, 0.15) is 0 Å². The molecule has 0 aromatic rings. The third-order valence-corrected chi connectivity index (χ3v) is 4.23. The molecule has 2 fully saturated rings. The van der Waals surface area contributed by atoms with Gasteiger partial charge in [-0.05, 0) is 12.8 Å². The first kappa shape index (κ1) is 10.8. The van der Waals surface area contributed by atoms with Gasteiger partial charge < -0.3 is 11.1 Å². The number of amides is 1. The molecule has 0 atom stereocenters. The number of carbonyl (C=O) groups is 1. The van der Waals surface area contributed by atoms with Gasteiger partial charge in [0.2, 0.25) is 5.91 Å². The Labute approximate surface area is 94.1 Å². The molecule has 0 bridgehead atoms. The summed E-state index contributed by atoms with van der Waals surface area (Å²) in [6, 6.07) is 0. The molecule has 1 spiro atoms. The van der Waals surface area contributed by atoms with Crippen LogP contribution in [0.15, 0.2) is 4.99 Å². The van der Waals surface area contributed by atoms with E-state index in [9.17, 15) is 4.79 Å². The van der Waals surface area contributed by atoms with Crippen LogP contribution in [0.4, 0.5) is 0 Å². The van der Waals surface area contributed by atoms with Crippen molar-refractivity contribution >= 4 is 22.8 Å². The zero-order chi connectivity index (χ0) is 10.7. The van der Waals surface area contributed by atoms with Gasteiger partial charge in [-0.25, -0.2) is 0 Å².